The number of anilines is 1. The van der Waals surface area contributed by atoms with Crippen molar-refractivity contribution < 1.29 is 9.47 Å². The smallest absolute Gasteiger partial charge is 0.231 e. The Morgan fingerprint density at radius 3 is 2.56 bits per heavy atom. The topological polar surface area (TPSA) is 55.1 Å². The first-order valence-electron chi connectivity index (χ1n) is 10.7. The second-order valence-corrected chi connectivity index (χ2v) is 8.50. The minimum atomic E-state index is 0.310. The molecule has 1 saturated heterocycles. The molecule has 0 saturated carbocycles. The van der Waals surface area contributed by atoms with Crippen LogP contribution in [0.15, 0.2) is 60.9 Å². The molecule has 2 aliphatic heterocycles. The van der Waals surface area contributed by atoms with Crippen molar-refractivity contribution in [3.63, 3.8) is 0 Å². The summed E-state index contributed by atoms with van der Waals surface area (Å²) in [6.45, 7) is 4.97. The van der Waals surface area contributed by atoms with Crippen LogP contribution in [-0.2, 0) is 6.54 Å². The van der Waals surface area contributed by atoms with Gasteiger partial charge in [0.1, 0.15) is 5.52 Å². The van der Waals surface area contributed by atoms with Crippen molar-refractivity contribution in [1.82, 2.24) is 19.5 Å². The summed E-state index contributed by atoms with van der Waals surface area (Å²) in [5.74, 6) is 2.65. The number of nitrogens with zero attached hydrogens (tertiary/aromatic N) is 5. The molecule has 0 unspecified atom stereocenters. The molecule has 4 aromatic rings. The van der Waals surface area contributed by atoms with Gasteiger partial charge in [0.15, 0.2) is 17.3 Å². The molecule has 2 aromatic heterocycles. The highest BCUT2D eigenvalue weighted by Crippen LogP contribution is 2.33. The van der Waals surface area contributed by atoms with E-state index in [2.05, 4.69) is 28.0 Å². The molecule has 32 heavy (non-hydrogen) atoms. The van der Waals surface area contributed by atoms with E-state index in [1.807, 2.05) is 47.2 Å². The minimum absolute atomic E-state index is 0.310. The number of fused-ring (bicyclic) bond motifs is 2. The first-order valence-corrected chi connectivity index (χ1v) is 11.1. The van der Waals surface area contributed by atoms with E-state index >= 15 is 0 Å². The van der Waals surface area contributed by atoms with E-state index in [4.69, 9.17) is 31.2 Å². The minimum Gasteiger partial charge on any atom is -0.454 e. The Kier molecular flexibility index (Phi) is 4.85. The molecule has 162 valence electrons. The molecule has 0 aliphatic carbocycles. The van der Waals surface area contributed by atoms with E-state index in [-0.39, 0.29) is 0 Å². The standard InChI is InChI=1S/C24H22ClN5O2/c25-19-4-2-18(3-5-19)20-14-21-24(26-7-8-30(21)27-20)29-11-9-28(10-12-29)15-17-1-6-22-23(13-17)32-16-31-22/h1-8,13-14H,9-12,15-16H2. The Balaban J connectivity index is 1.17. The maximum atomic E-state index is 6.03. The summed E-state index contributed by atoms with van der Waals surface area (Å²) in [4.78, 5) is 9.50. The van der Waals surface area contributed by atoms with Crippen LogP contribution in [0, 0.1) is 0 Å². The fraction of sp³-hybridized carbons (Fsp3) is 0.250. The quantitative estimate of drug-likeness (QED) is 0.469. The molecule has 4 heterocycles. The number of halogens is 1. The van der Waals surface area contributed by atoms with Crippen molar-refractivity contribution >= 4 is 22.9 Å². The van der Waals surface area contributed by atoms with Gasteiger partial charge in [-0.25, -0.2) is 9.50 Å². The fourth-order valence-electron chi connectivity index (χ4n) is 4.33. The number of ether oxygens (including phenoxy) is 2. The monoisotopic (exact) mass is 447 g/mol. The lowest BCUT2D eigenvalue weighted by atomic mass is 10.1. The number of hydrogen-bond acceptors (Lipinski definition) is 6. The second-order valence-electron chi connectivity index (χ2n) is 8.07. The third-order valence-electron chi connectivity index (χ3n) is 6.02. The van der Waals surface area contributed by atoms with E-state index in [9.17, 15) is 0 Å². The molecule has 1 fully saturated rings. The predicted octanol–water partition coefficient (Wildman–Crippen LogP) is 4.10. The average molecular weight is 448 g/mol. The van der Waals surface area contributed by atoms with Crippen molar-refractivity contribution in [1.29, 1.82) is 0 Å². The van der Waals surface area contributed by atoms with Gasteiger partial charge < -0.3 is 14.4 Å². The van der Waals surface area contributed by atoms with Crippen LogP contribution in [0.4, 0.5) is 5.82 Å². The third kappa shape index (κ3) is 3.63. The first kappa shape index (κ1) is 19.4. The van der Waals surface area contributed by atoms with Gasteiger partial charge in [0.2, 0.25) is 6.79 Å². The molecule has 0 radical (unpaired) electrons. The van der Waals surface area contributed by atoms with E-state index in [0.717, 1.165) is 71.8 Å². The molecule has 0 bridgehead atoms. The maximum absolute atomic E-state index is 6.03. The Hall–Kier alpha value is -3.29. The molecule has 0 atom stereocenters. The summed E-state index contributed by atoms with van der Waals surface area (Å²) in [7, 11) is 0. The lowest BCUT2D eigenvalue weighted by Gasteiger charge is -2.35. The summed E-state index contributed by atoms with van der Waals surface area (Å²) >= 11 is 6.03. The van der Waals surface area contributed by atoms with Crippen LogP contribution in [0.2, 0.25) is 5.02 Å². The fourth-order valence-corrected chi connectivity index (χ4v) is 4.45. The second kappa shape index (κ2) is 8.00. The molecule has 2 aliphatic rings. The van der Waals surface area contributed by atoms with Crippen molar-refractivity contribution in [2.45, 2.75) is 6.54 Å². The highest BCUT2D eigenvalue weighted by atomic mass is 35.5. The molecule has 2 aromatic carbocycles. The normalized spacial score (nSPS) is 16.1. The zero-order valence-electron chi connectivity index (χ0n) is 17.4. The highest BCUT2D eigenvalue weighted by Gasteiger charge is 2.22. The van der Waals surface area contributed by atoms with Crippen molar-refractivity contribution in [2.75, 3.05) is 37.9 Å². The van der Waals surface area contributed by atoms with E-state index in [0.29, 0.717) is 6.79 Å². The first-order chi connectivity index (χ1) is 15.7. The van der Waals surface area contributed by atoms with Crippen molar-refractivity contribution in [3.05, 3.63) is 71.5 Å². The molecule has 0 amide bonds. The largest absolute Gasteiger partial charge is 0.454 e. The number of rotatable bonds is 4. The number of hydrogen-bond donors (Lipinski definition) is 0. The van der Waals surface area contributed by atoms with Crippen LogP contribution >= 0.6 is 11.6 Å². The zero-order chi connectivity index (χ0) is 21.5. The van der Waals surface area contributed by atoms with Crippen LogP contribution in [0.5, 0.6) is 11.5 Å². The van der Waals surface area contributed by atoms with Gasteiger partial charge in [-0.1, -0.05) is 29.8 Å². The Labute approximate surface area is 190 Å². The zero-order valence-corrected chi connectivity index (χ0v) is 18.2. The van der Waals surface area contributed by atoms with Crippen LogP contribution in [0.3, 0.4) is 0 Å². The number of piperazine rings is 1. The van der Waals surface area contributed by atoms with Crippen LogP contribution in [0.25, 0.3) is 16.8 Å². The van der Waals surface area contributed by atoms with Gasteiger partial charge in [-0.05, 0) is 35.9 Å². The van der Waals surface area contributed by atoms with Crippen molar-refractivity contribution in [2.24, 2.45) is 0 Å². The molecule has 6 rings (SSSR count). The summed E-state index contributed by atoms with van der Waals surface area (Å²) in [5, 5.41) is 5.46. The Bertz CT molecular complexity index is 1270. The Morgan fingerprint density at radius 1 is 0.906 bits per heavy atom. The lowest BCUT2D eigenvalue weighted by Crippen LogP contribution is -2.46. The summed E-state index contributed by atoms with van der Waals surface area (Å²) in [5.41, 5.74) is 4.21. The predicted molar refractivity (Wildman–Crippen MR) is 123 cm³/mol. The molecular formula is C24H22ClN5O2. The summed E-state index contributed by atoms with van der Waals surface area (Å²) < 4.78 is 12.8. The van der Waals surface area contributed by atoms with E-state index in [1.165, 1.54) is 5.56 Å². The Morgan fingerprint density at radius 2 is 1.72 bits per heavy atom. The van der Waals surface area contributed by atoms with Crippen LogP contribution in [-0.4, -0.2) is 52.5 Å². The SMILES string of the molecule is Clc1ccc(-c2cc3c(N4CCN(Cc5ccc6c(c5)OCO6)CC4)nccn3n2)cc1. The average Bonchev–Trinajstić information content (AvgIpc) is 3.46. The summed E-state index contributed by atoms with van der Waals surface area (Å²) in [6.07, 6.45) is 3.72. The van der Waals surface area contributed by atoms with Crippen molar-refractivity contribution in [3.8, 4) is 22.8 Å². The highest BCUT2D eigenvalue weighted by molar-refractivity contribution is 6.30. The number of benzene rings is 2. The van der Waals surface area contributed by atoms with Gasteiger partial charge in [0, 0.05) is 55.7 Å². The van der Waals surface area contributed by atoms with E-state index < -0.39 is 0 Å². The lowest BCUT2D eigenvalue weighted by molar-refractivity contribution is 0.174. The van der Waals surface area contributed by atoms with Crippen LogP contribution < -0.4 is 14.4 Å². The summed E-state index contributed by atoms with van der Waals surface area (Å²) in [6, 6.07) is 16.1. The molecule has 7 nitrogen and oxygen atoms in total. The van der Waals surface area contributed by atoms with Gasteiger partial charge in [0.05, 0.1) is 5.69 Å². The molecule has 8 heteroatoms. The van der Waals surface area contributed by atoms with E-state index in [1.54, 1.807) is 0 Å². The third-order valence-corrected chi connectivity index (χ3v) is 6.28. The molecule has 0 N–H and O–H groups in total. The van der Waals surface area contributed by atoms with Gasteiger partial charge in [-0.15, -0.1) is 0 Å². The number of aromatic nitrogens is 3. The van der Waals surface area contributed by atoms with Crippen LogP contribution in [0.1, 0.15) is 5.56 Å². The van der Waals surface area contributed by atoms with Gasteiger partial charge >= 0.3 is 0 Å². The molecular weight excluding hydrogens is 426 g/mol. The maximum Gasteiger partial charge on any atom is 0.231 e. The van der Waals surface area contributed by atoms with Gasteiger partial charge in [-0.2, -0.15) is 5.10 Å². The molecule has 0 spiro atoms. The van der Waals surface area contributed by atoms with Gasteiger partial charge in [-0.3, -0.25) is 4.90 Å². The van der Waals surface area contributed by atoms with Gasteiger partial charge in [0.25, 0.3) is 0 Å².